The molecule has 0 bridgehead atoms. The lowest BCUT2D eigenvalue weighted by Crippen LogP contribution is -1.92. The molecular formula is C42H26N4. The largest absolute Gasteiger partial charge is 0.254 e. The summed E-state index contributed by atoms with van der Waals surface area (Å²) in [5.74, 6) is 0.728. The van der Waals surface area contributed by atoms with Crippen molar-refractivity contribution < 1.29 is 0 Å². The molecule has 0 saturated heterocycles. The molecule has 0 aliphatic heterocycles. The monoisotopic (exact) mass is 586 g/mol. The topological polar surface area (TPSA) is 51.6 Å². The molecular weight excluding hydrogens is 560 g/mol. The molecule has 4 heteroatoms. The van der Waals surface area contributed by atoms with Crippen molar-refractivity contribution in [2.45, 2.75) is 0 Å². The number of benzene rings is 6. The second-order valence-corrected chi connectivity index (χ2v) is 11.5. The van der Waals surface area contributed by atoms with Gasteiger partial charge in [-0.15, -0.1) is 0 Å². The standard InChI is InChI=1S/C42H26N4/c1-2-8-33-31(7-1)25-37(35-10-4-3-9-34(33)35)38-26-32-20-21-39(46-40(32)41-36(38)11-5-22-43-41)29-16-12-27(13-17-29)28-14-18-30(19-15-28)42-44-23-6-24-45-42/h1-26H. The van der Waals surface area contributed by atoms with Crippen LogP contribution in [0.3, 0.4) is 0 Å². The lowest BCUT2D eigenvalue weighted by atomic mass is 9.90. The Morgan fingerprint density at radius 2 is 0.935 bits per heavy atom. The number of hydrogen-bond acceptors (Lipinski definition) is 4. The van der Waals surface area contributed by atoms with Crippen molar-refractivity contribution in [1.82, 2.24) is 19.9 Å². The summed E-state index contributed by atoms with van der Waals surface area (Å²) < 4.78 is 0. The summed E-state index contributed by atoms with van der Waals surface area (Å²) in [4.78, 5) is 18.8. The molecule has 0 saturated carbocycles. The highest BCUT2D eigenvalue weighted by Gasteiger charge is 2.15. The first-order valence-corrected chi connectivity index (χ1v) is 15.4. The van der Waals surface area contributed by atoms with Crippen LogP contribution in [0, 0.1) is 0 Å². The fraction of sp³-hybridized carbons (Fsp3) is 0. The molecule has 0 N–H and O–H groups in total. The SMILES string of the molecule is c1cnc(-c2ccc(-c3ccc(-c4ccc5cc(-c6cc7ccccc7c7ccccc67)c6cccnc6c5n4)cc3)cc2)nc1. The van der Waals surface area contributed by atoms with Gasteiger partial charge < -0.3 is 0 Å². The van der Waals surface area contributed by atoms with Crippen LogP contribution in [-0.2, 0) is 0 Å². The minimum atomic E-state index is 0.728. The summed E-state index contributed by atoms with van der Waals surface area (Å²) in [6, 6.07) is 49.1. The van der Waals surface area contributed by atoms with Crippen molar-refractivity contribution in [3.8, 4) is 44.9 Å². The summed E-state index contributed by atoms with van der Waals surface area (Å²) in [6.45, 7) is 0. The summed E-state index contributed by atoms with van der Waals surface area (Å²) in [6.07, 6.45) is 5.39. The molecule has 0 spiro atoms. The smallest absolute Gasteiger partial charge is 0.159 e. The highest BCUT2D eigenvalue weighted by atomic mass is 14.8. The third kappa shape index (κ3) is 4.39. The quantitative estimate of drug-likeness (QED) is 0.193. The van der Waals surface area contributed by atoms with Gasteiger partial charge in [-0.3, -0.25) is 4.98 Å². The zero-order valence-corrected chi connectivity index (χ0v) is 24.8. The van der Waals surface area contributed by atoms with Gasteiger partial charge in [0.15, 0.2) is 5.82 Å². The van der Waals surface area contributed by atoms with Crippen molar-refractivity contribution >= 4 is 43.4 Å². The van der Waals surface area contributed by atoms with Crippen molar-refractivity contribution in [2.75, 3.05) is 0 Å². The Morgan fingerprint density at radius 1 is 0.348 bits per heavy atom. The second-order valence-electron chi connectivity index (χ2n) is 11.5. The van der Waals surface area contributed by atoms with E-state index in [0.29, 0.717) is 0 Å². The van der Waals surface area contributed by atoms with Gasteiger partial charge in [-0.05, 0) is 74.1 Å². The maximum absolute atomic E-state index is 5.19. The molecule has 0 aliphatic rings. The summed E-state index contributed by atoms with van der Waals surface area (Å²) in [5, 5.41) is 7.15. The Kier molecular flexibility index (Phi) is 6.10. The Bertz CT molecular complexity index is 2560. The van der Waals surface area contributed by atoms with E-state index in [1.165, 1.54) is 32.7 Å². The van der Waals surface area contributed by atoms with Gasteiger partial charge in [0.05, 0.1) is 16.7 Å². The molecule has 0 radical (unpaired) electrons. The molecule has 9 rings (SSSR count). The minimum absolute atomic E-state index is 0.728. The third-order valence-corrected chi connectivity index (χ3v) is 8.83. The van der Waals surface area contributed by atoms with E-state index >= 15 is 0 Å². The lowest BCUT2D eigenvalue weighted by Gasteiger charge is -2.15. The van der Waals surface area contributed by atoms with E-state index < -0.39 is 0 Å². The van der Waals surface area contributed by atoms with Gasteiger partial charge in [-0.25, -0.2) is 15.0 Å². The molecule has 4 nitrogen and oxygen atoms in total. The Morgan fingerprint density at radius 3 is 1.72 bits per heavy atom. The Balaban J connectivity index is 1.12. The van der Waals surface area contributed by atoms with Crippen LogP contribution in [0.1, 0.15) is 0 Å². The number of fused-ring (bicyclic) bond motifs is 6. The van der Waals surface area contributed by atoms with E-state index in [9.17, 15) is 0 Å². The normalized spacial score (nSPS) is 11.5. The van der Waals surface area contributed by atoms with Gasteiger partial charge in [0.25, 0.3) is 0 Å². The van der Waals surface area contributed by atoms with E-state index in [1.807, 2.05) is 18.3 Å². The van der Waals surface area contributed by atoms with Gasteiger partial charge in [-0.2, -0.15) is 0 Å². The molecule has 214 valence electrons. The average Bonchev–Trinajstić information content (AvgIpc) is 3.14. The van der Waals surface area contributed by atoms with Gasteiger partial charge in [0.1, 0.15) is 0 Å². The second kappa shape index (κ2) is 10.7. The van der Waals surface area contributed by atoms with Crippen LogP contribution < -0.4 is 0 Å². The van der Waals surface area contributed by atoms with E-state index in [-0.39, 0.29) is 0 Å². The minimum Gasteiger partial charge on any atom is -0.254 e. The summed E-state index contributed by atoms with van der Waals surface area (Å²) >= 11 is 0. The zero-order chi connectivity index (χ0) is 30.5. The van der Waals surface area contributed by atoms with Gasteiger partial charge in [0, 0.05) is 40.5 Å². The van der Waals surface area contributed by atoms with Crippen LogP contribution >= 0.6 is 0 Å². The summed E-state index contributed by atoms with van der Waals surface area (Å²) in [7, 11) is 0. The molecule has 0 unspecified atom stereocenters. The van der Waals surface area contributed by atoms with Crippen LogP contribution in [-0.4, -0.2) is 19.9 Å². The molecule has 46 heavy (non-hydrogen) atoms. The fourth-order valence-corrected chi connectivity index (χ4v) is 6.57. The van der Waals surface area contributed by atoms with Crippen molar-refractivity contribution in [2.24, 2.45) is 0 Å². The lowest BCUT2D eigenvalue weighted by molar-refractivity contribution is 1.18. The van der Waals surface area contributed by atoms with Crippen molar-refractivity contribution in [3.63, 3.8) is 0 Å². The molecule has 3 heterocycles. The van der Waals surface area contributed by atoms with E-state index in [0.717, 1.165) is 55.6 Å². The molecule has 0 atom stereocenters. The molecule has 0 fully saturated rings. The van der Waals surface area contributed by atoms with Gasteiger partial charge in [0.2, 0.25) is 0 Å². The highest BCUT2D eigenvalue weighted by Crippen LogP contribution is 2.40. The number of nitrogens with zero attached hydrogens (tertiary/aromatic N) is 4. The number of rotatable bonds is 4. The van der Waals surface area contributed by atoms with Crippen molar-refractivity contribution in [3.05, 3.63) is 158 Å². The average molecular weight is 587 g/mol. The Labute approximate surface area is 265 Å². The predicted octanol–water partition coefficient (Wildman–Crippen LogP) is 10.5. The van der Waals surface area contributed by atoms with Crippen LogP contribution in [0.4, 0.5) is 0 Å². The fourth-order valence-electron chi connectivity index (χ4n) is 6.57. The molecule has 6 aromatic carbocycles. The zero-order valence-electron chi connectivity index (χ0n) is 24.8. The van der Waals surface area contributed by atoms with E-state index in [4.69, 9.17) is 9.97 Å². The molecule has 9 aromatic rings. The predicted molar refractivity (Wildman–Crippen MR) is 189 cm³/mol. The van der Waals surface area contributed by atoms with E-state index in [2.05, 4.69) is 137 Å². The molecule has 0 aliphatic carbocycles. The van der Waals surface area contributed by atoms with Crippen LogP contribution in [0.2, 0.25) is 0 Å². The first-order chi connectivity index (χ1) is 22.8. The number of pyridine rings is 2. The first-order valence-electron chi connectivity index (χ1n) is 15.4. The van der Waals surface area contributed by atoms with Crippen LogP contribution in [0.25, 0.3) is 88.2 Å². The maximum atomic E-state index is 5.19. The number of hydrogen-bond donors (Lipinski definition) is 0. The van der Waals surface area contributed by atoms with E-state index in [1.54, 1.807) is 12.4 Å². The summed E-state index contributed by atoms with van der Waals surface area (Å²) in [5.41, 5.74) is 9.46. The number of aromatic nitrogens is 4. The first kappa shape index (κ1) is 26.2. The Hall–Kier alpha value is -6.26. The van der Waals surface area contributed by atoms with Crippen LogP contribution in [0.5, 0.6) is 0 Å². The van der Waals surface area contributed by atoms with Gasteiger partial charge in [-0.1, -0.05) is 109 Å². The molecule has 3 aromatic heterocycles. The van der Waals surface area contributed by atoms with Crippen molar-refractivity contribution in [1.29, 1.82) is 0 Å². The van der Waals surface area contributed by atoms with Crippen LogP contribution in [0.15, 0.2) is 158 Å². The molecule has 0 amide bonds. The maximum Gasteiger partial charge on any atom is 0.159 e. The van der Waals surface area contributed by atoms with Gasteiger partial charge >= 0.3 is 0 Å². The third-order valence-electron chi connectivity index (χ3n) is 8.83. The highest BCUT2D eigenvalue weighted by molar-refractivity contribution is 6.18.